The molecule has 0 bridgehead atoms. The Labute approximate surface area is 117 Å². The highest BCUT2D eigenvalue weighted by Crippen LogP contribution is 2.22. The first-order chi connectivity index (χ1) is 9.19. The van der Waals surface area contributed by atoms with Gasteiger partial charge in [0, 0.05) is 16.7 Å². The standard InChI is InChI=1S/C14H18N4S/c1-10(2)12-8-13(18-15)17-14(16-12)9-19-11-6-4-3-5-7-11/h3-8,10H,9,15H2,1-2H3,(H,16,17,18). The molecule has 19 heavy (non-hydrogen) atoms. The van der Waals surface area contributed by atoms with E-state index < -0.39 is 0 Å². The molecule has 0 unspecified atom stereocenters. The highest BCUT2D eigenvalue weighted by Gasteiger charge is 2.07. The minimum absolute atomic E-state index is 0.357. The van der Waals surface area contributed by atoms with Crippen LogP contribution >= 0.6 is 11.8 Å². The zero-order valence-corrected chi connectivity index (χ0v) is 11.9. The largest absolute Gasteiger partial charge is 0.308 e. The first-order valence-corrected chi connectivity index (χ1v) is 7.20. The fourth-order valence-electron chi connectivity index (χ4n) is 1.62. The highest BCUT2D eigenvalue weighted by molar-refractivity contribution is 7.98. The fourth-order valence-corrected chi connectivity index (χ4v) is 2.39. The summed E-state index contributed by atoms with van der Waals surface area (Å²) in [5.74, 6) is 8.01. The van der Waals surface area contributed by atoms with Gasteiger partial charge < -0.3 is 5.43 Å². The first-order valence-electron chi connectivity index (χ1n) is 6.21. The fraction of sp³-hybridized carbons (Fsp3) is 0.286. The Morgan fingerprint density at radius 1 is 1.21 bits per heavy atom. The molecule has 0 radical (unpaired) electrons. The van der Waals surface area contributed by atoms with Gasteiger partial charge in [-0.25, -0.2) is 15.8 Å². The average Bonchev–Trinajstić information content (AvgIpc) is 2.45. The van der Waals surface area contributed by atoms with Gasteiger partial charge in [-0.3, -0.25) is 0 Å². The summed E-state index contributed by atoms with van der Waals surface area (Å²) in [4.78, 5) is 10.2. The van der Waals surface area contributed by atoms with Crippen LogP contribution in [0.25, 0.3) is 0 Å². The lowest BCUT2D eigenvalue weighted by Gasteiger charge is -2.09. The molecule has 1 aromatic carbocycles. The molecule has 4 nitrogen and oxygen atoms in total. The summed E-state index contributed by atoms with van der Waals surface area (Å²) < 4.78 is 0. The quantitative estimate of drug-likeness (QED) is 0.498. The second-order valence-electron chi connectivity index (χ2n) is 4.50. The monoisotopic (exact) mass is 274 g/mol. The van der Waals surface area contributed by atoms with Crippen molar-refractivity contribution in [1.82, 2.24) is 9.97 Å². The predicted octanol–water partition coefficient (Wildman–Crippen LogP) is 3.18. The van der Waals surface area contributed by atoms with E-state index in [-0.39, 0.29) is 0 Å². The van der Waals surface area contributed by atoms with Crippen LogP contribution in [0.2, 0.25) is 0 Å². The van der Waals surface area contributed by atoms with E-state index in [1.807, 2.05) is 24.3 Å². The van der Waals surface area contributed by atoms with Gasteiger partial charge in [0.15, 0.2) is 0 Å². The number of hydrogen-bond donors (Lipinski definition) is 2. The number of nitrogens with two attached hydrogens (primary N) is 1. The van der Waals surface area contributed by atoms with Crippen molar-refractivity contribution < 1.29 is 0 Å². The van der Waals surface area contributed by atoms with Crippen molar-refractivity contribution in [3.63, 3.8) is 0 Å². The molecule has 0 fully saturated rings. The Bertz CT molecular complexity index is 528. The summed E-state index contributed by atoms with van der Waals surface area (Å²) >= 11 is 1.72. The van der Waals surface area contributed by atoms with Crippen molar-refractivity contribution in [2.75, 3.05) is 5.43 Å². The molecule has 0 saturated carbocycles. The number of nitrogen functional groups attached to an aromatic ring is 1. The lowest BCUT2D eigenvalue weighted by molar-refractivity contribution is 0.800. The van der Waals surface area contributed by atoms with Gasteiger partial charge in [0.05, 0.1) is 5.75 Å². The Morgan fingerprint density at radius 2 is 1.95 bits per heavy atom. The molecule has 0 saturated heterocycles. The number of aromatic nitrogens is 2. The molecule has 100 valence electrons. The third-order valence-electron chi connectivity index (χ3n) is 2.64. The van der Waals surface area contributed by atoms with E-state index in [4.69, 9.17) is 5.84 Å². The van der Waals surface area contributed by atoms with Crippen LogP contribution in [0.1, 0.15) is 31.3 Å². The summed E-state index contributed by atoms with van der Waals surface area (Å²) in [5.41, 5.74) is 3.61. The molecule has 1 heterocycles. The number of hydrazine groups is 1. The van der Waals surface area contributed by atoms with Crippen molar-refractivity contribution in [2.24, 2.45) is 5.84 Å². The number of nitrogens with zero attached hydrogens (tertiary/aromatic N) is 2. The summed E-state index contributed by atoms with van der Waals surface area (Å²) in [6, 6.07) is 12.1. The summed E-state index contributed by atoms with van der Waals surface area (Å²) in [6.45, 7) is 4.22. The smallest absolute Gasteiger partial charge is 0.143 e. The van der Waals surface area contributed by atoms with Gasteiger partial charge in [-0.2, -0.15) is 0 Å². The molecule has 2 aromatic rings. The van der Waals surface area contributed by atoms with Crippen LogP contribution in [0, 0.1) is 0 Å². The van der Waals surface area contributed by atoms with Crippen molar-refractivity contribution in [3.8, 4) is 0 Å². The molecular formula is C14H18N4S. The van der Waals surface area contributed by atoms with Crippen molar-refractivity contribution in [2.45, 2.75) is 30.4 Å². The Balaban J connectivity index is 2.13. The van der Waals surface area contributed by atoms with Crippen LogP contribution in [0.4, 0.5) is 5.82 Å². The summed E-state index contributed by atoms with van der Waals surface area (Å²) in [7, 11) is 0. The van der Waals surface area contributed by atoms with E-state index in [0.717, 1.165) is 17.3 Å². The summed E-state index contributed by atoms with van der Waals surface area (Å²) in [6.07, 6.45) is 0. The molecule has 0 aliphatic carbocycles. The van der Waals surface area contributed by atoms with Gasteiger partial charge in [0.25, 0.3) is 0 Å². The van der Waals surface area contributed by atoms with Crippen molar-refractivity contribution in [1.29, 1.82) is 0 Å². The van der Waals surface area contributed by atoms with E-state index in [2.05, 4.69) is 41.4 Å². The topological polar surface area (TPSA) is 63.8 Å². The van der Waals surface area contributed by atoms with Gasteiger partial charge in [-0.15, -0.1) is 11.8 Å². The molecule has 2 rings (SSSR count). The number of nitrogens with one attached hydrogen (secondary N) is 1. The van der Waals surface area contributed by atoms with Crippen LogP contribution in [0.5, 0.6) is 0 Å². The van der Waals surface area contributed by atoms with E-state index in [0.29, 0.717) is 11.7 Å². The molecule has 0 amide bonds. The zero-order chi connectivity index (χ0) is 13.7. The molecule has 5 heteroatoms. The lowest BCUT2D eigenvalue weighted by Crippen LogP contribution is -2.11. The minimum atomic E-state index is 0.357. The number of benzene rings is 1. The van der Waals surface area contributed by atoms with Crippen molar-refractivity contribution in [3.05, 3.63) is 47.9 Å². The molecule has 0 aliphatic rings. The minimum Gasteiger partial charge on any atom is -0.308 e. The van der Waals surface area contributed by atoms with Gasteiger partial charge in [-0.05, 0) is 18.1 Å². The second-order valence-corrected chi connectivity index (χ2v) is 5.54. The maximum absolute atomic E-state index is 5.45. The molecule has 0 spiro atoms. The number of rotatable bonds is 5. The molecular weight excluding hydrogens is 256 g/mol. The first kappa shape index (κ1) is 13.8. The lowest BCUT2D eigenvalue weighted by atomic mass is 10.1. The Morgan fingerprint density at radius 3 is 2.58 bits per heavy atom. The van der Waals surface area contributed by atoms with Crippen LogP contribution < -0.4 is 11.3 Å². The molecule has 0 atom stereocenters. The SMILES string of the molecule is CC(C)c1cc(NN)nc(CSc2ccccc2)n1. The highest BCUT2D eigenvalue weighted by atomic mass is 32.2. The number of anilines is 1. The van der Waals surface area contributed by atoms with E-state index in [9.17, 15) is 0 Å². The van der Waals surface area contributed by atoms with Crippen molar-refractivity contribution >= 4 is 17.6 Å². The normalized spacial score (nSPS) is 10.7. The van der Waals surface area contributed by atoms with E-state index in [1.54, 1.807) is 11.8 Å². The zero-order valence-electron chi connectivity index (χ0n) is 11.1. The third-order valence-corrected chi connectivity index (χ3v) is 3.65. The Hall–Kier alpha value is -1.59. The van der Waals surface area contributed by atoms with Crippen LogP contribution in [-0.4, -0.2) is 9.97 Å². The maximum atomic E-state index is 5.45. The van der Waals surface area contributed by atoms with Crippen LogP contribution in [0.15, 0.2) is 41.3 Å². The van der Waals surface area contributed by atoms with Crippen LogP contribution in [0.3, 0.4) is 0 Å². The van der Waals surface area contributed by atoms with Gasteiger partial charge >= 0.3 is 0 Å². The van der Waals surface area contributed by atoms with Crippen LogP contribution in [-0.2, 0) is 5.75 Å². The Kier molecular flexibility index (Phi) is 4.76. The predicted molar refractivity (Wildman–Crippen MR) is 79.9 cm³/mol. The second kappa shape index (κ2) is 6.54. The molecule has 0 aliphatic heterocycles. The third kappa shape index (κ3) is 3.94. The van der Waals surface area contributed by atoms with Gasteiger partial charge in [-0.1, -0.05) is 32.0 Å². The van der Waals surface area contributed by atoms with E-state index >= 15 is 0 Å². The average molecular weight is 274 g/mol. The van der Waals surface area contributed by atoms with Gasteiger partial charge in [0.2, 0.25) is 0 Å². The molecule has 3 N–H and O–H groups in total. The summed E-state index contributed by atoms with van der Waals surface area (Å²) in [5, 5.41) is 0. The van der Waals surface area contributed by atoms with E-state index in [1.165, 1.54) is 4.90 Å². The number of thioether (sulfide) groups is 1. The van der Waals surface area contributed by atoms with Gasteiger partial charge in [0.1, 0.15) is 11.6 Å². The number of hydrogen-bond acceptors (Lipinski definition) is 5. The maximum Gasteiger partial charge on any atom is 0.143 e. The molecule has 1 aromatic heterocycles.